The maximum Gasteiger partial charge on any atom is 0.326 e. The molecule has 0 aromatic heterocycles. The van der Waals surface area contributed by atoms with Crippen molar-refractivity contribution in [2.45, 2.75) is 19.9 Å². The monoisotopic (exact) mass is 540 g/mol. The molecule has 7 nitrogen and oxygen atoms in total. The Kier molecular flexibility index (Phi) is 9.05. The van der Waals surface area contributed by atoms with E-state index in [-0.39, 0.29) is 18.0 Å². The van der Waals surface area contributed by atoms with Gasteiger partial charge in [0.1, 0.15) is 0 Å². The van der Waals surface area contributed by atoms with Crippen molar-refractivity contribution < 1.29 is 14.3 Å². The van der Waals surface area contributed by atoms with E-state index in [1.165, 1.54) is 0 Å². The number of ether oxygens (including phenoxy) is 1. The molecule has 2 N–H and O–H groups in total. The van der Waals surface area contributed by atoms with E-state index < -0.39 is 0 Å². The van der Waals surface area contributed by atoms with Crippen LogP contribution in [0.15, 0.2) is 66.7 Å². The Morgan fingerprint density at radius 3 is 2.19 bits per heavy atom. The van der Waals surface area contributed by atoms with Gasteiger partial charge in [-0.1, -0.05) is 23.2 Å². The summed E-state index contributed by atoms with van der Waals surface area (Å²) in [4.78, 5) is 30.3. The van der Waals surface area contributed by atoms with Crippen LogP contribution in [0.3, 0.4) is 0 Å². The van der Waals surface area contributed by atoms with Crippen LogP contribution in [-0.4, -0.2) is 55.7 Å². The summed E-state index contributed by atoms with van der Waals surface area (Å²) in [6, 6.07) is 19.3. The predicted molar refractivity (Wildman–Crippen MR) is 150 cm³/mol. The highest BCUT2D eigenvalue weighted by atomic mass is 35.5. The summed E-state index contributed by atoms with van der Waals surface area (Å²) in [5, 5.41) is 7.03. The van der Waals surface area contributed by atoms with E-state index in [2.05, 4.69) is 22.5 Å². The van der Waals surface area contributed by atoms with Gasteiger partial charge in [-0.3, -0.25) is 14.6 Å². The lowest BCUT2D eigenvalue weighted by Crippen LogP contribution is -2.48. The maximum absolute atomic E-state index is 13.4. The zero-order valence-electron chi connectivity index (χ0n) is 20.8. The minimum Gasteiger partial charge on any atom is -0.379 e. The second-order valence-corrected chi connectivity index (χ2v) is 9.88. The van der Waals surface area contributed by atoms with Gasteiger partial charge in [-0.25, -0.2) is 4.79 Å². The van der Waals surface area contributed by atoms with Gasteiger partial charge in [0.2, 0.25) is 0 Å². The number of rotatable bonds is 7. The van der Waals surface area contributed by atoms with Crippen molar-refractivity contribution in [1.82, 2.24) is 4.90 Å². The third-order valence-corrected chi connectivity index (χ3v) is 6.81. The number of benzene rings is 3. The van der Waals surface area contributed by atoms with Crippen molar-refractivity contribution in [3.63, 3.8) is 0 Å². The number of morpholine rings is 1. The van der Waals surface area contributed by atoms with Crippen molar-refractivity contribution in [1.29, 1.82) is 0 Å². The molecular formula is C28H30Cl2N4O3. The van der Waals surface area contributed by atoms with Crippen molar-refractivity contribution >= 4 is 52.2 Å². The Morgan fingerprint density at radius 1 is 0.973 bits per heavy atom. The quantitative estimate of drug-likeness (QED) is 0.368. The molecule has 1 heterocycles. The summed E-state index contributed by atoms with van der Waals surface area (Å²) >= 11 is 11.9. The first-order chi connectivity index (χ1) is 17.8. The van der Waals surface area contributed by atoms with Crippen LogP contribution in [0, 0.1) is 6.92 Å². The Labute approximate surface area is 227 Å². The van der Waals surface area contributed by atoms with Gasteiger partial charge >= 0.3 is 6.03 Å². The summed E-state index contributed by atoms with van der Waals surface area (Å²) in [6.07, 6.45) is 0. The molecule has 37 heavy (non-hydrogen) atoms. The zero-order chi connectivity index (χ0) is 26.4. The Morgan fingerprint density at radius 2 is 1.59 bits per heavy atom. The van der Waals surface area contributed by atoms with E-state index in [1.54, 1.807) is 65.6 Å². The molecule has 1 fully saturated rings. The molecule has 0 spiro atoms. The SMILES string of the molecule is Cc1cc(C(=O)Nc2ccc(Cl)cc2)ccc1N(CCN1CCOC[C@H]1C)C(=O)Nc1ccc(Cl)cc1. The predicted octanol–water partition coefficient (Wildman–Crippen LogP) is 6.31. The first-order valence-corrected chi connectivity index (χ1v) is 12.9. The first kappa shape index (κ1) is 26.9. The van der Waals surface area contributed by atoms with Crippen LogP contribution in [0.1, 0.15) is 22.8 Å². The normalized spacial score (nSPS) is 15.7. The second kappa shape index (κ2) is 12.4. The van der Waals surface area contributed by atoms with E-state index in [0.29, 0.717) is 53.3 Å². The van der Waals surface area contributed by atoms with Crippen LogP contribution < -0.4 is 15.5 Å². The Hall–Kier alpha value is -3.10. The number of nitrogens with zero attached hydrogens (tertiary/aromatic N) is 2. The van der Waals surface area contributed by atoms with Crippen molar-refractivity contribution in [3.8, 4) is 0 Å². The lowest BCUT2D eigenvalue weighted by atomic mass is 10.1. The topological polar surface area (TPSA) is 73.9 Å². The fourth-order valence-corrected chi connectivity index (χ4v) is 4.47. The number of urea groups is 1. The molecule has 3 aromatic rings. The Balaban J connectivity index is 1.54. The number of aryl methyl sites for hydroxylation is 1. The fourth-order valence-electron chi connectivity index (χ4n) is 4.21. The highest BCUT2D eigenvalue weighted by Gasteiger charge is 2.23. The van der Waals surface area contributed by atoms with Crippen molar-refractivity contribution in [2.24, 2.45) is 0 Å². The third kappa shape index (κ3) is 7.23. The summed E-state index contributed by atoms with van der Waals surface area (Å²) in [5.74, 6) is -0.240. The fraction of sp³-hybridized carbons (Fsp3) is 0.286. The van der Waals surface area contributed by atoms with Gasteiger partial charge in [0, 0.05) is 58.3 Å². The highest BCUT2D eigenvalue weighted by Crippen LogP contribution is 2.24. The number of nitrogens with one attached hydrogen (secondary N) is 2. The number of anilines is 3. The molecule has 1 saturated heterocycles. The molecule has 0 aliphatic carbocycles. The van der Waals surface area contributed by atoms with Gasteiger partial charge in [0.25, 0.3) is 5.91 Å². The average Bonchev–Trinajstić information content (AvgIpc) is 2.88. The van der Waals surface area contributed by atoms with Gasteiger partial charge < -0.3 is 15.4 Å². The van der Waals surface area contributed by atoms with E-state index in [0.717, 1.165) is 17.8 Å². The average molecular weight is 541 g/mol. The van der Waals surface area contributed by atoms with Gasteiger partial charge in [0.05, 0.1) is 13.2 Å². The molecule has 194 valence electrons. The first-order valence-electron chi connectivity index (χ1n) is 12.1. The van der Waals surface area contributed by atoms with E-state index in [1.807, 2.05) is 13.0 Å². The molecule has 0 radical (unpaired) electrons. The molecule has 3 aromatic carbocycles. The van der Waals surface area contributed by atoms with E-state index in [4.69, 9.17) is 27.9 Å². The van der Waals surface area contributed by atoms with Crippen LogP contribution in [-0.2, 0) is 4.74 Å². The van der Waals surface area contributed by atoms with Gasteiger partial charge in [-0.2, -0.15) is 0 Å². The van der Waals surface area contributed by atoms with Gasteiger partial charge in [-0.15, -0.1) is 0 Å². The second-order valence-electron chi connectivity index (χ2n) is 9.01. The van der Waals surface area contributed by atoms with Crippen LogP contribution in [0.5, 0.6) is 0 Å². The Bertz CT molecular complexity index is 1240. The molecule has 4 rings (SSSR count). The smallest absolute Gasteiger partial charge is 0.326 e. The van der Waals surface area contributed by atoms with Gasteiger partial charge in [-0.05, 0) is 86.1 Å². The highest BCUT2D eigenvalue weighted by molar-refractivity contribution is 6.31. The number of carbonyl (C=O) groups is 2. The van der Waals surface area contributed by atoms with E-state index in [9.17, 15) is 9.59 Å². The van der Waals surface area contributed by atoms with Gasteiger partial charge in [0.15, 0.2) is 0 Å². The molecule has 1 aliphatic heterocycles. The molecule has 0 unspecified atom stereocenters. The van der Waals surface area contributed by atoms with Crippen LogP contribution >= 0.6 is 23.2 Å². The van der Waals surface area contributed by atoms with Crippen molar-refractivity contribution in [2.75, 3.05) is 48.4 Å². The largest absolute Gasteiger partial charge is 0.379 e. The summed E-state index contributed by atoms with van der Waals surface area (Å²) in [6.45, 7) is 7.35. The lowest BCUT2D eigenvalue weighted by Gasteiger charge is -2.35. The molecule has 0 saturated carbocycles. The number of carbonyl (C=O) groups excluding carboxylic acids is 2. The standard InChI is InChI=1S/C28H30Cl2N4O3/c1-19-17-21(27(35)31-24-8-4-22(29)5-9-24)3-12-26(19)34(14-13-33-15-16-37-18-20(33)2)28(36)32-25-10-6-23(30)7-11-25/h3-12,17,20H,13-16,18H2,1-2H3,(H,31,35)(H,32,36)/t20-/m1/s1. The molecular weight excluding hydrogens is 511 g/mol. The molecule has 0 bridgehead atoms. The third-order valence-electron chi connectivity index (χ3n) is 6.31. The molecule has 1 aliphatic rings. The summed E-state index contributed by atoms with van der Waals surface area (Å²) in [5.41, 5.74) is 3.34. The minimum absolute atomic E-state index is 0.240. The number of amides is 3. The summed E-state index contributed by atoms with van der Waals surface area (Å²) in [7, 11) is 0. The maximum atomic E-state index is 13.4. The number of halogens is 2. The minimum atomic E-state index is -0.260. The molecule has 1 atom stereocenters. The number of hydrogen-bond acceptors (Lipinski definition) is 4. The van der Waals surface area contributed by atoms with Crippen LogP contribution in [0.4, 0.5) is 21.9 Å². The van der Waals surface area contributed by atoms with E-state index >= 15 is 0 Å². The van der Waals surface area contributed by atoms with Crippen LogP contribution in [0.2, 0.25) is 10.0 Å². The van der Waals surface area contributed by atoms with Crippen LogP contribution in [0.25, 0.3) is 0 Å². The molecule has 9 heteroatoms. The van der Waals surface area contributed by atoms with Crippen molar-refractivity contribution in [3.05, 3.63) is 87.9 Å². The zero-order valence-corrected chi connectivity index (χ0v) is 22.4. The summed E-state index contributed by atoms with van der Waals surface area (Å²) < 4.78 is 5.55. The molecule has 3 amide bonds. The lowest BCUT2D eigenvalue weighted by molar-refractivity contribution is 0.00135. The number of hydrogen-bond donors (Lipinski definition) is 2.